The molecule has 19 heavy (non-hydrogen) atoms. The third kappa shape index (κ3) is 3.34. The number of ether oxygens (including phenoxy) is 1. The van der Waals surface area contributed by atoms with E-state index < -0.39 is 0 Å². The zero-order valence-electron chi connectivity index (χ0n) is 10.2. The molecule has 0 amide bonds. The first-order chi connectivity index (χ1) is 9.01. The molecule has 0 unspecified atom stereocenters. The van der Waals surface area contributed by atoms with E-state index in [1.165, 1.54) is 0 Å². The molecule has 0 fully saturated rings. The Morgan fingerprint density at radius 2 is 1.68 bits per heavy atom. The zero-order chi connectivity index (χ0) is 14.0. The molecule has 0 heterocycles. The Balaban J connectivity index is 2.31. The average molecular weight is 317 g/mol. The quantitative estimate of drug-likeness (QED) is 0.789. The van der Waals surface area contributed by atoms with Crippen LogP contribution in [0.25, 0.3) is 0 Å². The second-order valence-electron chi connectivity index (χ2n) is 4.09. The van der Waals surface area contributed by atoms with E-state index in [1.807, 2.05) is 25.1 Å². The highest BCUT2D eigenvalue weighted by molar-refractivity contribution is 6.43. The molecule has 2 rings (SSSR count). The zero-order valence-corrected chi connectivity index (χ0v) is 12.5. The molecule has 2 nitrogen and oxygen atoms in total. The first-order valence-corrected chi connectivity index (χ1v) is 6.76. The molecule has 0 aliphatic heterocycles. The largest absolute Gasteiger partial charge is 0.456 e. The lowest BCUT2D eigenvalue weighted by atomic mass is 10.1. The predicted octanol–water partition coefficient (Wildman–Crippen LogP) is 5.21. The van der Waals surface area contributed by atoms with Crippen molar-refractivity contribution in [2.75, 3.05) is 0 Å². The highest BCUT2D eigenvalue weighted by Crippen LogP contribution is 2.36. The van der Waals surface area contributed by atoms with Gasteiger partial charge in [-0.25, -0.2) is 0 Å². The molecule has 0 aliphatic rings. The van der Waals surface area contributed by atoms with Crippen molar-refractivity contribution in [2.24, 2.45) is 5.73 Å². The average Bonchev–Trinajstić information content (AvgIpc) is 2.36. The van der Waals surface area contributed by atoms with Crippen LogP contribution in [0.3, 0.4) is 0 Å². The molecule has 2 aromatic rings. The van der Waals surface area contributed by atoms with Crippen molar-refractivity contribution >= 4 is 34.8 Å². The van der Waals surface area contributed by atoms with Gasteiger partial charge in [0.25, 0.3) is 0 Å². The normalized spacial score (nSPS) is 10.6. The van der Waals surface area contributed by atoms with Crippen molar-refractivity contribution in [1.82, 2.24) is 0 Å². The number of hydrogen-bond donors (Lipinski definition) is 1. The molecule has 0 spiro atoms. The molecular formula is C14H12Cl3NO. The van der Waals surface area contributed by atoms with Gasteiger partial charge in [0.2, 0.25) is 0 Å². The number of rotatable bonds is 3. The van der Waals surface area contributed by atoms with Gasteiger partial charge in [0, 0.05) is 12.6 Å². The van der Waals surface area contributed by atoms with Gasteiger partial charge < -0.3 is 10.5 Å². The van der Waals surface area contributed by atoms with Crippen molar-refractivity contribution in [1.29, 1.82) is 0 Å². The summed E-state index contributed by atoms with van der Waals surface area (Å²) in [5.74, 6) is 1.14. The SMILES string of the molecule is Cc1cc(Oc2cc(Cl)c(Cl)cc2Cl)ccc1CN. The lowest BCUT2D eigenvalue weighted by Crippen LogP contribution is -1.99. The molecule has 2 aromatic carbocycles. The van der Waals surface area contributed by atoms with E-state index in [-0.39, 0.29) is 0 Å². The maximum absolute atomic E-state index is 6.06. The summed E-state index contributed by atoms with van der Waals surface area (Å²) in [6.07, 6.45) is 0. The second kappa shape index (κ2) is 6.02. The maximum Gasteiger partial charge on any atom is 0.147 e. The van der Waals surface area contributed by atoms with Crippen LogP contribution in [0, 0.1) is 6.92 Å². The second-order valence-corrected chi connectivity index (χ2v) is 5.31. The Bertz CT molecular complexity index is 614. The molecule has 0 saturated heterocycles. The number of halogens is 3. The minimum atomic E-state index is 0.397. The van der Waals surface area contributed by atoms with E-state index in [1.54, 1.807) is 12.1 Å². The molecule has 0 bridgehead atoms. The number of nitrogens with two attached hydrogens (primary N) is 1. The Hall–Kier alpha value is -0.930. The van der Waals surface area contributed by atoms with Gasteiger partial charge >= 0.3 is 0 Å². The molecule has 0 radical (unpaired) electrons. The van der Waals surface area contributed by atoms with Crippen LogP contribution in [0.4, 0.5) is 0 Å². The molecule has 0 atom stereocenters. The first-order valence-electron chi connectivity index (χ1n) is 5.63. The van der Waals surface area contributed by atoms with Crippen LogP contribution in [0.5, 0.6) is 11.5 Å². The fourth-order valence-electron chi connectivity index (χ4n) is 1.67. The van der Waals surface area contributed by atoms with Gasteiger partial charge in [-0.15, -0.1) is 0 Å². The van der Waals surface area contributed by atoms with E-state index in [0.29, 0.717) is 33.1 Å². The van der Waals surface area contributed by atoms with Crippen molar-refractivity contribution in [3.8, 4) is 11.5 Å². The van der Waals surface area contributed by atoms with Gasteiger partial charge in [-0.05, 0) is 36.2 Å². The predicted molar refractivity (Wildman–Crippen MR) is 80.6 cm³/mol. The van der Waals surface area contributed by atoms with Gasteiger partial charge in [0.15, 0.2) is 0 Å². The van der Waals surface area contributed by atoms with Gasteiger partial charge in [-0.3, -0.25) is 0 Å². The van der Waals surface area contributed by atoms with Crippen molar-refractivity contribution in [3.05, 3.63) is 56.5 Å². The van der Waals surface area contributed by atoms with Crippen LogP contribution in [-0.2, 0) is 6.54 Å². The monoisotopic (exact) mass is 315 g/mol. The fourth-order valence-corrected chi connectivity index (χ4v) is 2.25. The summed E-state index contributed by atoms with van der Waals surface area (Å²) in [4.78, 5) is 0. The van der Waals surface area contributed by atoms with E-state index in [0.717, 1.165) is 11.1 Å². The van der Waals surface area contributed by atoms with E-state index in [9.17, 15) is 0 Å². The molecule has 0 aromatic heterocycles. The summed E-state index contributed by atoms with van der Waals surface area (Å²) in [5.41, 5.74) is 7.76. The minimum Gasteiger partial charge on any atom is -0.456 e. The van der Waals surface area contributed by atoms with Crippen LogP contribution in [0.1, 0.15) is 11.1 Å². The van der Waals surface area contributed by atoms with Gasteiger partial charge in [-0.1, -0.05) is 40.9 Å². The summed E-state index contributed by atoms with van der Waals surface area (Å²) in [6, 6.07) is 8.82. The Morgan fingerprint density at radius 3 is 2.32 bits per heavy atom. The molecule has 2 N–H and O–H groups in total. The minimum absolute atomic E-state index is 0.397. The third-order valence-corrected chi connectivity index (χ3v) is 3.75. The van der Waals surface area contributed by atoms with E-state index >= 15 is 0 Å². The molecule has 0 aliphatic carbocycles. The highest BCUT2D eigenvalue weighted by atomic mass is 35.5. The summed E-state index contributed by atoms with van der Waals surface area (Å²) in [7, 11) is 0. The molecule has 0 saturated carbocycles. The molecule has 100 valence electrons. The highest BCUT2D eigenvalue weighted by Gasteiger charge is 2.09. The van der Waals surface area contributed by atoms with Crippen molar-refractivity contribution in [3.63, 3.8) is 0 Å². The van der Waals surface area contributed by atoms with Crippen molar-refractivity contribution in [2.45, 2.75) is 13.5 Å². The van der Waals surface area contributed by atoms with Crippen LogP contribution < -0.4 is 10.5 Å². The number of hydrogen-bond acceptors (Lipinski definition) is 2. The standard InChI is InChI=1S/C14H12Cl3NO/c1-8-4-10(3-2-9(8)7-18)19-14-6-12(16)11(15)5-13(14)17/h2-6H,7,18H2,1H3. The van der Waals surface area contributed by atoms with Gasteiger partial charge in [0.05, 0.1) is 15.1 Å². The Morgan fingerprint density at radius 1 is 1.00 bits per heavy atom. The molecular weight excluding hydrogens is 305 g/mol. The van der Waals surface area contributed by atoms with Crippen LogP contribution in [0.2, 0.25) is 15.1 Å². The summed E-state index contributed by atoms with van der Waals surface area (Å²) >= 11 is 17.9. The Kier molecular flexibility index (Phi) is 4.58. The van der Waals surface area contributed by atoms with Crippen molar-refractivity contribution < 1.29 is 4.74 Å². The van der Waals surface area contributed by atoms with Crippen LogP contribution in [-0.4, -0.2) is 0 Å². The van der Waals surface area contributed by atoms with E-state index in [4.69, 9.17) is 45.3 Å². The third-order valence-electron chi connectivity index (χ3n) is 2.74. The number of benzene rings is 2. The first kappa shape index (κ1) is 14.5. The maximum atomic E-state index is 6.06. The summed E-state index contributed by atoms with van der Waals surface area (Å²) in [5, 5.41) is 1.21. The Labute approximate surface area is 127 Å². The van der Waals surface area contributed by atoms with Gasteiger partial charge in [0.1, 0.15) is 11.5 Å². The smallest absolute Gasteiger partial charge is 0.147 e. The van der Waals surface area contributed by atoms with Gasteiger partial charge in [-0.2, -0.15) is 0 Å². The van der Waals surface area contributed by atoms with Crippen LogP contribution >= 0.6 is 34.8 Å². The van der Waals surface area contributed by atoms with Crippen LogP contribution in [0.15, 0.2) is 30.3 Å². The topological polar surface area (TPSA) is 35.2 Å². The van der Waals surface area contributed by atoms with E-state index in [2.05, 4.69) is 0 Å². The molecule has 5 heteroatoms. The lowest BCUT2D eigenvalue weighted by Gasteiger charge is -2.11. The summed E-state index contributed by atoms with van der Waals surface area (Å²) < 4.78 is 5.71. The number of aryl methyl sites for hydroxylation is 1. The lowest BCUT2D eigenvalue weighted by molar-refractivity contribution is 0.482. The fraction of sp³-hybridized carbons (Fsp3) is 0.143. The summed E-state index contributed by atoms with van der Waals surface area (Å²) in [6.45, 7) is 2.48.